The molecule has 2 rings (SSSR count). The highest BCUT2D eigenvalue weighted by Gasteiger charge is 2.25. The number of aliphatic hydroxyl groups excluding tert-OH is 1. The average Bonchev–Trinajstić information content (AvgIpc) is 2.47. The van der Waals surface area contributed by atoms with Crippen molar-refractivity contribution in [3.05, 3.63) is 11.9 Å². The standard InChI is InChI=1S/C15H26N4O/c1-4-7-16-14-9-15(18-13(5-2)17-14)19-8-6-12(20)11(3)10-19/h9,11-12,20H,4-8,10H2,1-3H3,(H,16,17,18). The van der Waals surface area contributed by atoms with E-state index in [0.717, 1.165) is 56.4 Å². The van der Waals surface area contributed by atoms with Gasteiger partial charge in [0.05, 0.1) is 6.10 Å². The van der Waals surface area contributed by atoms with Gasteiger partial charge in [-0.05, 0) is 18.8 Å². The van der Waals surface area contributed by atoms with E-state index >= 15 is 0 Å². The van der Waals surface area contributed by atoms with Crippen LogP contribution in [0, 0.1) is 5.92 Å². The fourth-order valence-corrected chi connectivity index (χ4v) is 2.49. The summed E-state index contributed by atoms with van der Waals surface area (Å²) in [6, 6.07) is 2.03. The third-order valence-corrected chi connectivity index (χ3v) is 3.82. The zero-order chi connectivity index (χ0) is 14.5. The van der Waals surface area contributed by atoms with E-state index in [1.165, 1.54) is 0 Å². The first-order valence-corrected chi connectivity index (χ1v) is 7.68. The van der Waals surface area contributed by atoms with Gasteiger partial charge in [-0.3, -0.25) is 0 Å². The van der Waals surface area contributed by atoms with Gasteiger partial charge in [0.1, 0.15) is 17.5 Å². The minimum Gasteiger partial charge on any atom is -0.393 e. The third kappa shape index (κ3) is 3.60. The molecular weight excluding hydrogens is 252 g/mol. The molecular formula is C15H26N4O. The van der Waals surface area contributed by atoms with Crippen LogP contribution < -0.4 is 10.2 Å². The monoisotopic (exact) mass is 278 g/mol. The maximum atomic E-state index is 9.84. The molecule has 5 heteroatoms. The number of rotatable bonds is 5. The summed E-state index contributed by atoms with van der Waals surface area (Å²) < 4.78 is 0. The van der Waals surface area contributed by atoms with Crippen molar-refractivity contribution in [1.82, 2.24) is 9.97 Å². The largest absolute Gasteiger partial charge is 0.393 e. The molecule has 112 valence electrons. The number of aromatic nitrogens is 2. The van der Waals surface area contributed by atoms with Gasteiger partial charge >= 0.3 is 0 Å². The molecule has 0 radical (unpaired) electrons. The van der Waals surface area contributed by atoms with Gasteiger partial charge in [-0.2, -0.15) is 0 Å². The fourth-order valence-electron chi connectivity index (χ4n) is 2.49. The minimum absolute atomic E-state index is 0.184. The molecule has 1 saturated heterocycles. The summed E-state index contributed by atoms with van der Waals surface area (Å²) in [6.07, 6.45) is 2.54. The van der Waals surface area contributed by atoms with Crippen LogP contribution in [0.3, 0.4) is 0 Å². The molecule has 0 aromatic carbocycles. The van der Waals surface area contributed by atoms with E-state index in [2.05, 4.69) is 41.0 Å². The summed E-state index contributed by atoms with van der Waals surface area (Å²) in [4.78, 5) is 11.4. The van der Waals surface area contributed by atoms with E-state index in [4.69, 9.17) is 0 Å². The molecule has 1 aromatic heterocycles. The third-order valence-electron chi connectivity index (χ3n) is 3.82. The average molecular weight is 278 g/mol. The number of aryl methyl sites for hydroxylation is 1. The van der Waals surface area contributed by atoms with E-state index in [9.17, 15) is 5.11 Å². The molecule has 1 aliphatic rings. The number of nitrogens with zero attached hydrogens (tertiary/aromatic N) is 3. The second kappa shape index (κ2) is 6.88. The van der Waals surface area contributed by atoms with Crippen molar-refractivity contribution < 1.29 is 5.11 Å². The summed E-state index contributed by atoms with van der Waals surface area (Å²) in [7, 11) is 0. The number of hydrogen-bond donors (Lipinski definition) is 2. The van der Waals surface area contributed by atoms with Crippen molar-refractivity contribution >= 4 is 11.6 Å². The Hall–Kier alpha value is -1.36. The normalized spacial score (nSPS) is 22.9. The summed E-state index contributed by atoms with van der Waals surface area (Å²) >= 11 is 0. The summed E-state index contributed by atoms with van der Waals surface area (Å²) in [6.45, 7) is 8.95. The Morgan fingerprint density at radius 1 is 1.40 bits per heavy atom. The SMILES string of the molecule is CCCNc1cc(N2CCC(O)C(C)C2)nc(CC)n1. The van der Waals surface area contributed by atoms with Crippen molar-refractivity contribution in [2.75, 3.05) is 29.9 Å². The molecule has 0 saturated carbocycles. The van der Waals surface area contributed by atoms with Crippen LogP contribution in [-0.2, 0) is 6.42 Å². The Bertz CT molecular complexity index is 438. The van der Waals surface area contributed by atoms with Crippen molar-refractivity contribution in [3.63, 3.8) is 0 Å². The summed E-state index contributed by atoms with van der Waals surface area (Å²) in [5, 5.41) is 13.2. The lowest BCUT2D eigenvalue weighted by Gasteiger charge is -2.35. The van der Waals surface area contributed by atoms with Gasteiger partial charge in [0, 0.05) is 32.1 Å². The molecule has 2 atom stereocenters. The quantitative estimate of drug-likeness (QED) is 0.863. The van der Waals surface area contributed by atoms with Crippen molar-refractivity contribution in [1.29, 1.82) is 0 Å². The first-order valence-electron chi connectivity index (χ1n) is 7.68. The highest BCUT2D eigenvalue weighted by atomic mass is 16.3. The Kier molecular flexibility index (Phi) is 5.17. The first-order chi connectivity index (χ1) is 9.63. The molecule has 1 aromatic rings. The summed E-state index contributed by atoms with van der Waals surface area (Å²) in [5.41, 5.74) is 0. The Balaban J connectivity index is 2.17. The first kappa shape index (κ1) is 15.0. The van der Waals surface area contributed by atoms with E-state index < -0.39 is 0 Å². The Morgan fingerprint density at radius 3 is 2.85 bits per heavy atom. The lowest BCUT2D eigenvalue weighted by Crippen LogP contribution is -2.42. The van der Waals surface area contributed by atoms with Crippen LogP contribution in [0.4, 0.5) is 11.6 Å². The van der Waals surface area contributed by atoms with Crippen LogP contribution in [0.15, 0.2) is 6.07 Å². The summed E-state index contributed by atoms with van der Waals surface area (Å²) in [5.74, 6) is 3.05. The molecule has 2 unspecified atom stereocenters. The Labute approximate surface area is 121 Å². The second-order valence-corrected chi connectivity index (χ2v) is 5.59. The molecule has 1 aliphatic heterocycles. The smallest absolute Gasteiger partial charge is 0.134 e. The molecule has 0 spiro atoms. The molecule has 2 heterocycles. The van der Waals surface area contributed by atoms with Gasteiger partial charge in [-0.25, -0.2) is 9.97 Å². The van der Waals surface area contributed by atoms with E-state index in [1.807, 2.05) is 6.07 Å². The number of piperidine rings is 1. The predicted molar refractivity (Wildman–Crippen MR) is 82.2 cm³/mol. The van der Waals surface area contributed by atoms with Gasteiger partial charge in [-0.1, -0.05) is 20.8 Å². The maximum absolute atomic E-state index is 9.84. The van der Waals surface area contributed by atoms with Gasteiger partial charge in [0.15, 0.2) is 0 Å². The van der Waals surface area contributed by atoms with Crippen LogP contribution in [0.1, 0.15) is 39.4 Å². The van der Waals surface area contributed by atoms with Crippen molar-refractivity contribution in [2.24, 2.45) is 5.92 Å². The lowest BCUT2D eigenvalue weighted by atomic mass is 9.97. The van der Waals surface area contributed by atoms with Crippen molar-refractivity contribution in [2.45, 2.75) is 46.1 Å². The van der Waals surface area contributed by atoms with Crippen LogP contribution in [0.5, 0.6) is 0 Å². The highest BCUT2D eigenvalue weighted by Crippen LogP contribution is 2.23. The Morgan fingerprint density at radius 2 is 2.20 bits per heavy atom. The highest BCUT2D eigenvalue weighted by molar-refractivity contribution is 5.50. The number of anilines is 2. The molecule has 0 amide bonds. The predicted octanol–water partition coefficient (Wildman–Crippen LogP) is 2.07. The minimum atomic E-state index is -0.184. The van der Waals surface area contributed by atoms with Crippen LogP contribution in [0.25, 0.3) is 0 Å². The molecule has 1 fully saturated rings. The van der Waals surface area contributed by atoms with E-state index in [1.54, 1.807) is 0 Å². The molecule has 0 bridgehead atoms. The van der Waals surface area contributed by atoms with E-state index in [-0.39, 0.29) is 12.0 Å². The van der Waals surface area contributed by atoms with Crippen LogP contribution >= 0.6 is 0 Å². The molecule has 20 heavy (non-hydrogen) atoms. The molecule has 5 nitrogen and oxygen atoms in total. The zero-order valence-electron chi connectivity index (χ0n) is 12.8. The number of aliphatic hydroxyl groups is 1. The van der Waals surface area contributed by atoms with Crippen molar-refractivity contribution in [3.8, 4) is 0 Å². The molecule has 2 N–H and O–H groups in total. The lowest BCUT2D eigenvalue weighted by molar-refractivity contribution is 0.0969. The van der Waals surface area contributed by atoms with Crippen LogP contribution in [-0.4, -0.2) is 40.8 Å². The van der Waals surface area contributed by atoms with Gasteiger partial charge in [0.25, 0.3) is 0 Å². The van der Waals surface area contributed by atoms with Crippen LogP contribution in [0.2, 0.25) is 0 Å². The topological polar surface area (TPSA) is 61.3 Å². The van der Waals surface area contributed by atoms with E-state index in [0.29, 0.717) is 0 Å². The van der Waals surface area contributed by atoms with Gasteiger partial charge < -0.3 is 15.3 Å². The fraction of sp³-hybridized carbons (Fsp3) is 0.733. The zero-order valence-corrected chi connectivity index (χ0v) is 12.8. The van der Waals surface area contributed by atoms with Gasteiger partial charge in [-0.15, -0.1) is 0 Å². The molecule has 0 aliphatic carbocycles. The second-order valence-electron chi connectivity index (χ2n) is 5.59. The number of nitrogens with one attached hydrogen (secondary N) is 1. The van der Waals surface area contributed by atoms with Gasteiger partial charge in [0.2, 0.25) is 0 Å². The number of hydrogen-bond acceptors (Lipinski definition) is 5. The maximum Gasteiger partial charge on any atom is 0.134 e.